The summed E-state index contributed by atoms with van der Waals surface area (Å²) in [6.45, 7) is 1.61. The summed E-state index contributed by atoms with van der Waals surface area (Å²) in [5.74, 6) is -0.477. The number of fused-ring (bicyclic) bond motifs is 1. The van der Waals surface area contributed by atoms with Gasteiger partial charge in [-0.15, -0.1) is 5.10 Å². The van der Waals surface area contributed by atoms with Gasteiger partial charge in [0.1, 0.15) is 12.6 Å². The number of anilines is 1. The molecule has 1 unspecified atom stereocenters. The summed E-state index contributed by atoms with van der Waals surface area (Å²) in [6.07, 6.45) is 4.03. The molecule has 3 aromatic rings. The van der Waals surface area contributed by atoms with Crippen molar-refractivity contribution in [2.75, 3.05) is 5.32 Å². The van der Waals surface area contributed by atoms with Crippen LogP contribution in [0.2, 0.25) is 0 Å². The van der Waals surface area contributed by atoms with Crippen LogP contribution in [0.1, 0.15) is 19.8 Å². The average Bonchev–Trinajstić information content (AvgIpc) is 3.52. The molecule has 0 saturated heterocycles. The van der Waals surface area contributed by atoms with Crippen molar-refractivity contribution in [3.05, 3.63) is 51.2 Å². The van der Waals surface area contributed by atoms with Crippen molar-refractivity contribution < 1.29 is 13.9 Å². The van der Waals surface area contributed by atoms with E-state index in [0.717, 1.165) is 34.4 Å². The number of carbonyl (C=O) groups excluding carboxylic acids is 1. The minimum atomic E-state index is -0.617. The van der Waals surface area contributed by atoms with Gasteiger partial charge >= 0.3 is 0 Å². The average molecular weight is 462 g/mol. The van der Waals surface area contributed by atoms with Crippen molar-refractivity contribution >= 4 is 38.6 Å². The van der Waals surface area contributed by atoms with Crippen LogP contribution in [0.3, 0.4) is 0 Å². The third kappa shape index (κ3) is 4.42. The lowest BCUT2D eigenvalue weighted by molar-refractivity contribution is -0.117. The molecule has 1 saturated carbocycles. The Morgan fingerprint density at radius 3 is 2.76 bits per heavy atom. The summed E-state index contributed by atoms with van der Waals surface area (Å²) in [4.78, 5) is 32.5. The van der Waals surface area contributed by atoms with Gasteiger partial charge in [-0.05, 0) is 43.9 Å². The van der Waals surface area contributed by atoms with Crippen molar-refractivity contribution in [2.24, 2.45) is 5.92 Å². The summed E-state index contributed by atoms with van der Waals surface area (Å²) >= 11 is 3.40. The highest BCUT2D eigenvalue weighted by atomic mass is 79.9. The van der Waals surface area contributed by atoms with E-state index >= 15 is 0 Å². The summed E-state index contributed by atoms with van der Waals surface area (Å²) in [5, 5.41) is 7.68. The zero-order valence-corrected chi connectivity index (χ0v) is 17.0. The van der Waals surface area contributed by atoms with Gasteiger partial charge in [0.05, 0.1) is 23.2 Å². The predicted molar refractivity (Wildman–Crippen MR) is 107 cm³/mol. The van der Waals surface area contributed by atoms with Crippen LogP contribution in [0.15, 0.2) is 39.9 Å². The lowest BCUT2D eigenvalue weighted by atomic mass is 10.2. The number of nitrogens with one attached hydrogen (secondary N) is 1. The second-order valence-electron chi connectivity index (χ2n) is 6.89. The van der Waals surface area contributed by atoms with Crippen LogP contribution in [-0.2, 0) is 11.3 Å². The van der Waals surface area contributed by atoms with Gasteiger partial charge in [-0.2, -0.15) is 0 Å². The maximum absolute atomic E-state index is 12.9. The number of hydrogen-bond donors (Lipinski definition) is 1. The number of carbonyl (C=O) groups is 1. The molecule has 1 fully saturated rings. The second-order valence-corrected chi connectivity index (χ2v) is 7.81. The number of amides is 1. The maximum atomic E-state index is 12.9. The first-order valence-electron chi connectivity index (χ1n) is 9.05. The van der Waals surface area contributed by atoms with Crippen LogP contribution in [-0.4, -0.2) is 31.8 Å². The normalized spacial score (nSPS) is 14.6. The molecule has 4 rings (SSSR count). The molecule has 2 aromatic heterocycles. The highest BCUT2D eigenvalue weighted by molar-refractivity contribution is 9.10. The van der Waals surface area contributed by atoms with Crippen molar-refractivity contribution in [3.8, 4) is 5.88 Å². The molecule has 0 aliphatic heterocycles. The number of ether oxygens (including phenoxy) is 1. The van der Waals surface area contributed by atoms with Gasteiger partial charge in [0, 0.05) is 4.47 Å². The van der Waals surface area contributed by atoms with Gasteiger partial charge in [-0.25, -0.2) is 19.0 Å². The number of halogens is 2. The van der Waals surface area contributed by atoms with E-state index < -0.39 is 17.3 Å². The number of aromatic nitrogens is 4. The SMILES string of the molecule is CC(Oc1nn(CC(=O)Nc2ncc(F)cn2)c(=O)c2ccc(Br)cc12)C1CC1. The van der Waals surface area contributed by atoms with Crippen LogP contribution in [0.5, 0.6) is 5.88 Å². The molecule has 1 aliphatic carbocycles. The van der Waals surface area contributed by atoms with E-state index in [1.807, 2.05) is 6.92 Å². The Morgan fingerprint density at radius 2 is 2.07 bits per heavy atom. The van der Waals surface area contributed by atoms with Crippen molar-refractivity contribution in [3.63, 3.8) is 0 Å². The lowest BCUT2D eigenvalue weighted by Crippen LogP contribution is -2.31. The first-order chi connectivity index (χ1) is 13.9. The standard InChI is InChI=1S/C19H17BrFN5O3/c1-10(11-2-3-11)29-17-15-6-12(20)4-5-14(15)18(28)26(25-17)9-16(27)24-19-22-7-13(21)8-23-19/h4-8,10-11H,2-3,9H2,1H3,(H,22,23,24,27). The molecule has 8 nitrogen and oxygen atoms in total. The first-order valence-corrected chi connectivity index (χ1v) is 9.84. The van der Waals surface area contributed by atoms with Gasteiger partial charge in [-0.1, -0.05) is 15.9 Å². The number of benzene rings is 1. The molecule has 150 valence electrons. The molecule has 1 atom stereocenters. The van der Waals surface area contributed by atoms with E-state index in [4.69, 9.17) is 4.74 Å². The van der Waals surface area contributed by atoms with Gasteiger partial charge < -0.3 is 4.74 Å². The van der Waals surface area contributed by atoms with Crippen LogP contribution in [0, 0.1) is 11.7 Å². The number of rotatable bonds is 6. The number of hydrogen-bond acceptors (Lipinski definition) is 6. The van der Waals surface area contributed by atoms with Crippen LogP contribution in [0.25, 0.3) is 10.8 Å². The molecular weight excluding hydrogens is 445 g/mol. The summed E-state index contributed by atoms with van der Waals surface area (Å²) in [7, 11) is 0. The fourth-order valence-corrected chi connectivity index (χ4v) is 3.30. The largest absolute Gasteiger partial charge is 0.473 e. The topological polar surface area (TPSA) is 99.0 Å². The Hall–Kier alpha value is -2.88. The molecule has 1 amide bonds. The molecule has 0 bridgehead atoms. The Labute approximate surface area is 173 Å². The lowest BCUT2D eigenvalue weighted by Gasteiger charge is -2.16. The highest BCUT2D eigenvalue weighted by Gasteiger charge is 2.30. The molecule has 0 spiro atoms. The predicted octanol–water partition coefficient (Wildman–Crippen LogP) is 2.90. The minimum Gasteiger partial charge on any atom is -0.473 e. The van der Waals surface area contributed by atoms with Gasteiger partial charge in [0.25, 0.3) is 5.56 Å². The fourth-order valence-electron chi connectivity index (χ4n) is 2.94. The summed E-state index contributed by atoms with van der Waals surface area (Å²) in [6, 6.07) is 5.18. The first kappa shape index (κ1) is 19.4. The van der Waals surface area contributed by atoms with Crippen LogP contribution < -0.4 is 15.6 Å². The zero-order valence-electron chi connectivity index (χ0n) is 15.4. The maximum Gasteiger partial charge on any atom is 0.275 e. The molecule has 2 heterocycles. The minimum absolute atomic E-state index is 0.0444. The quantitative estimate of drug-likeness (QED) is 0.605. The van der Waals surface area contributed by atoms with Crippen molar-refractivity contribution in [2.45, 2.75) is 32.4 Å². The molecule has 1 N–H and O–H groups in total. The molecule has 1 aromatic carbocycles. The zero-order chi connectivity index (χ0) is 20.5. The van der Waals surface area contributed by atoms with Crippen LogP contribution in [0.4, 0.5) is 10.3 Å². The monoisotopic (exact) mass is 461 g/mol. The van der Waals surface area contributed by atoms with E-state index in [2.05, 4.69) is 36.3 Å². The van der Waals surface area contributed by atoms with E-state index in [1.54, 1.807) is 18.2 Å². The van der Waals surface area contributed by atoms with Gasteiger partial charge in [-0.3, -0.25) is 14.9 Å². The van der Waals surface area contributed by atoms with E-state index in [1.165, 1.54) is 0 Å². The van der Waals surface area contributed by atoms with E-state index in [9.17, 15) is 14.0 Å². The smallest absolute Gasteiger partial charge is 0.275 e. The third-order valence-electron chi connectivity index (χ3n) is 4.64. The Bertz CT molecular complexity index is 1130. The third-order valence-corrected chi connectivity index (χ3v) is 5.13. The Kier molecular flexibility index (Phi) is 5.27. The van der Waals surface area contributed by atoms with Gasteiger partial charge in [0.2, 0.25) is 17.7 Å². The fraction of sp³-hybridized carbons (Fsp3) is 0.316. The molecular formula is C19H17BrFN5O3. The van der Waals surface area contributed by atoms with Crippen molar-refractivity contribution in [1.29, 1.82) is 0 Å². The molecule has 1 aliphatic rings. The second kappa shape index (κ2) is 7.86. The van der Waals surface area contributed by atoms with Crippen molar-refractivity contribution in [1.82, 2.24) is 19.7 Å². The molecule has 0 radical (unpaired) electrons. The Morgan fingerprint density at radius 1 is 1.34 bits per heavy atom. The Balaban J connectivity index is 1.65. The summed E-state index contributed by atoms with van der Waals surface area (Å²) < 4.78 is 20.8. The van der Waals surface area contributed by atoms with E-state index in [0.29, 0.717) is 22.6 Å². The summed E-state index contributed by atoms with van der Waals surface area (Å²) in [5.41, 5.74) is -0.422. The van der Waals surface area contributed by atoms with Gasteiger partial charge in [0.15, 0.2) is 5.82 Å². The van der Waals surface area contributed by atoms with Crippen LogP contribution >= 0.6 is 15.9 Å². The number of nitrogens with zero attached hydrogens (tertiary/aromatic N) is 4. The van der Waals surface area contributed by atoms with E-state index in [-0.39, 0.29) is 18.6 Å². The molecule has 10 heteroatoms. The highest BCUT2D eigenvalue weighted by Crippen LogP contribution is 2.35. The molecule has 29 heavy (non-hydrogen) atoms.